The van der Waals surface area contributed by atoms with Crippen LogP contribution in [-0.2, 0) is 9.59 Å². The van der Waals surface area contributed by atoms with E-state index in [9.17, 15) is 9.59 Å². The number of hydrogen-bond acceptors (Lipinski definition) is 3. The van der Waals surface area contributed by atoms with Crippen LogP contribution in [0.5, 0.6) is 5.75 Å². The Morgan fingerprint density at radius 2 is 1.77 bits per heavy atom. The van der Waals surface area contributed by atoms with Crippen molar-refractivity contribution < 1.29 is 19.4 Å². The molecule has 8 heteroatoms. The molecule has 22 heavy (non-hydrogen) atoms. The third-order valence-electron chi connectivity index (χ3n) is 2.65. The predicted octanol–water partition coefficient (Wildman–Crippen LogP) is 3.64. The van der Waals surface area contributed by atoms with Crippen molar-refractivity contribution in [3.8, 4) is 5.75 Å². The molecular formula is C14H16Cl3NO4. The van der Waals surface area contributed by atoms with Crippen molar-refractivity contribution in [1.29, 1.82) is 0 Å². The smallest absolute Gasteiger partial charge is 0.326 e. The quantitative estimate of drug-likeness (QED) is 0.770. The number of ether oxygens (including phenoxy) is 1. The van der Waals surface area contributed by atoms with Gasteiger partial charge in [-0.3, -0.25) is 4.79 Å². The van der Waals surface area contributed by atoms with E-state index in [1.165, 1.54) is 12.1 Å². The van der Waals surface area contributed by atoms with Crippen molar-refractivity contribution in [2.75, 3.05) is 6.61 Å². The van der Waals surface area contributed by atoms with Gasteiger partial charge >= 0.3 is 5.97 Å². The third kappa shape index (κ3) is 5.91. The molecule has 0 saturated heterocycles. The van der Waals surface area contributed by atoms with Gasteiger partial charge in [-0.25, -0.2) is 4.79 Å². The monoisotopic (exact) mass is 367 g/mol. The van der Waals surface area contributed by atoms with Crippen LogP contribution in [0, 0.1) is 5.92 Å². The van der Waals surface area contributed by atoms with Crippen LogP contribution in [0.15, 0.2) is 12.1 Å². The zero-order chi connectivity index (χ0) is 16.9. The van der Waals surface area contributed by atoms with Crippen molar-refractivity contribution in [3.05, 3.63) is 27.2 Å². The number of carbonyl (C=O) groups excluding carboxylic acids is 1. The number of hydrogen-bond donors (Lipinski definition) is 2. The average Bonchev–Trinajstić information content (AvgIpc) is 2.35. The lowest BCUT2D eigenvalue weighted by Gasteiger charge is -2.17. The largest absolute Gasteiger partial charge is 0.481 e. The van der Waals surface area contributed by atoms with E-state index in [1.54, 1.807) is 0 Å². The summed E-state index contributed by atoms with van der Waals surface area (Å²) in [6.45, 7) is 3.33. The number of carboxylic acids is 1. The molecule has 1 unspecified atom stereocenters. The van der Waals surface area contributed by atoms with Crippen LogP contribution in [0.3, 0.4) is 0 Å². The number of rotatable bonds is 7. The Morgan fingerprint density at radius 1 is 1.23 bits per heavy atom. The Kier molecular flexibility index (Phi) is 7.26. The van der Waals surface area contributed by atoms with Crippen LogP contribution < -0.4 is 10.1 Å². The van der Waals surface area contributed by atoms with Gasteiger partial charge in [0, 0.05) is 5.02 Å². The van der Waals surface area contributed by atoms with Crippen LogP contribution in [0.1, 0.15) is 20.3 Å². The Hall–Kier alpha value is -1.17. The second-order valence-corrected chi connectivity index (χ2v) is 6.33. The molecule has 122 valence electrons. The molecule has 1 aromatic rings. The average molecular weight is 369 g/mol. The van der Waals surface area contributed by atoms with Gasteiger partial charge in [-0.1, -0.05) is 48.7 Å². The van der Waals surface area contributed by atoms with E-state index >= 15 is 0 Å². The molecule has 0 fully saturated rings. The first-order chi connectivity index (χ1) is 10.2. The highest BCUT2D eigenvalue weighted by Gasteiger charge is 2.21. The third-order valence-corrected chi connectivity index (χ3v) is 3.43. The van der Waals surface area contributed by atoms with Crippen molar-refractivity contribution in [1.82, 2.24) is 5.32 Å². The van der Waals surface area contributed by atoms with Crippen molar-refractivity contribution in [3.63, 3.8) is 0 Å². The first kappa shape index (κ1) is 18.9. The standard InChI is InChI=1S/C14H16Cl3NO4/c1-7(2)3-11(14(20)21)18-12(19)6-22-13-9(16)4-8(15)5-10(13)17/h4-5,7,11H,3,6H2,1-2H3,(H,18,19)(H,20,21). The number of halogens is 3. The van der Waals surface area contributed by atoms with Gasteiger partial charge in [0.1, 0.15) is 6.04 Å². The summed E-state index contributed by atoms with van der Waals surface area (Å²) in [6, 6.07) is 1.90. The van der Waals surface area contributed by atoms with Crippen LogP contribution >= 0.6 is 34.8 Å². The summed E-state index contributed by atoms with van der Waals surface area (Å²) in [5.41, 5.74) is 0. The number of carbonyl (C=O) groups is 2. The fourth-order valence-corrected chi connectivity index (χ4v) is 2.66. The lowest BCUT2D eigenvalue weighted by Crippen LogP contribution is -2.43. The van der Waals surface area contributed by atoms with Crippen LogP contribution in [-0.4, -0.2) is 29.6 Å². The lowest BCUT2D eigenvalue weighted by molar-refractivity contribution is -0.142. The number of nitrogens with one attached hydrogen (secondary N) is 1. The van der Waals surface area contributed by atoms with E-state index in [4.69, 9.17) is 44.6 Å². The molecule has 0 aromatic heterocycles. The van der Waals surface area contributed by atoms with Gasteiger partial charge in [0.2, 0.25) is 0 Å². The molecule has 0 aliphatic rings. The van der Waals surface area contributed by atoms with Gasteiger partial charge in [-0.05, 0) is 24.5 Å². The molecule has 2 N–H and O–H groups in total. The van der Waals surface area contributed by atoms with Crippen LogP contribution in [0.2, 0.25) is 15.1 Å². The summed E-state index contributed by atoms with van der Waals surface area (Å²) in [6.07, 6.45) is 0.323. The van der Waals surface area contributed by atoms with Crippen molar-refractivity contribution in [2.24, 2.45) is 5.92 Å². The van der Waals surface area contributed by atoms with Crippen LogP contribution in [0.25, 0.3) is 0 Å². The van der Waals surface area contributed by atoms with Gasteiger partial charge in [-0.2, -0.15) is 0 Å². The molecule has 1 amide bonds. The van der Waals surface area contributed by atoms with Crippen molar-refractivity contribution >= 4 is 46.7 Å². The summed E-state index contributed by atoms with van der Waals surface area (Å²) in [4.78, 5) is 22.9. The molecule has 1 rings (SSSR count). The number of benzene rings is 1. The zero-order valence-corrected chi connectivity index (χ0v) is 14.3. The fourth-order valence-electron chi connectivity index (χ4n) is 1.73. The second-order valence-electron chi connectivity index (χ2n) is 5.08. The van der Waals surface area contributed by atoms with E-state index in [-0.39, 0.29) is 21.7 Å². The molecule has 1 atom stereocenters. The highest BCUT2D eigenvalue weighted by molar-refractivity contribution is 6.40. The lowest BCUT2D eigenvalue weighted by atomic mass is 10.0. The highest BCUT2D eigenvalue weighted by Crippen LogP contribution is 2.35. The maximum Gasteiger partial charge on any atom is 0.326 e. The molecule has 0 saturated carbocycles. The zero-order valence-electron chi connectivity index (χ0n) is 12.0. The summed E-state index contributed by atoms with van der Waals surface area (Å²) >= 11 is 17.6. The summed E-state index contributed by atoms with van der Waals surface area (Å²) in [7, 11) is 0. The second kappa shape index (κ2) is 8.46. The molecule has 0 aliphatic heterocycles. The van der Waals surface area contributed by atoms with E-state index < -0.39 is 24.5 Å². The Balaban J connectivity index is 2.64. The molecule has 5 nitrogen and oxygen atoms in total. The Bertz CT molecular complexity index is 540. The SMILES string of the molecule is CC(C)CC(NC(=O)COc1c(Cl)cc(Cl)cc1Cl)C(=O)O. The maximum absolute atomic E-state index is 11.8. The minimum atomic E-state index is -1.09. The summed E-state index contributed by atoms with van der Waals surface area (Å²) in [5.74, 6) is -1.42. The molecule has 0 radical (unpaired) electrons. The Labute approximate surface area is 143 Å². The van der Waals surface area contributed by atoms with E-state index in [2.05, 4.69) is 5.32 Å². The summed E-state index contributed by atoms with van der Waals surface area (Å²) < 4.78 is 5.24. The number of amides is 1. The topological polar surface area (TPSA) is 75.6 Å². The minimum Gasteiger partial charge on any atom is -0.481 e. The molecule has 1 aromatic carbocycles. The van der Waals surface area contributed by atoms with Crippen LogP contribution in [0.4, 0.5) is 0 Å². The Morgan fingerprint density at radius 3 is 2.23 bits per heavy atom. The molecule has 0 spiro atoms. The minimum absolute atomic E-state index is 0.124. The molecule has 0 aliphatic carbocycles. The highest BCUT2D eigenvalue weighted by atomic mass is 35.5. The van der Waals surface area contributed by atoms with Gasteiger partial charge in [0.05, 0.1) is 10.0 Å². The first-order valence-corrected chi connectivity index (χ1v) is 7.63. The molecule has 0 heterocycles. The van der Waals surface area contributed by atoms with Gasteiger partial charge in [0.15, 0.2) is 12.4 Å². The normalized spacial score (nSPS) is 12.1. The van der Waals surface area contributed by atoms with E-state index in [1.807, 2.05) is 13.8 Å². The van der Waals surface area contributed by atoms with E-state index in [0.717, 1.165) is 0 Å². The maximum atomic E-state index is 11.8. The van der Waals surface area contributed by atoms with Gasteiger partial charge < -0.3 is 15.2 Å². The van der Waals surface area contributed by atoms with Gasteiger partial charge in [-0.15, -0.1) is 0 Å². The number of carboxylic acid groups (broad SMARTS) is 1. The molecule has 0 bridgehead atoms. The van der Waals surface area contributed by atoms with Gasteiger partial charge in [0.25, 0.3) is 5.91 Å². The first-order valence-electron chi connectivity index (χ1n) is 6.50. The van der Waals surface area contributed by atoms with Crippen molar-refractivity contribution in [2.45, 2.75) is 26.3 Å². The predicted molar refractivity (Wildman–Crippen MR) is 86.0 cm³/mol. The summed E-state index contributed by atoms with van der Waals surface area (Å²) in [5, 5.41) is 12.1. The van der Waals surface area contributed by atoms with E-state index in [0.29, 0.717) is 11.4 Å². The molecular weight excluding hydrogens is 353 g/mol. The number of aliphatic carboxylic acids is 1. The fraction of sp³-hybridized carbons (Fsp3) is 0.429.